The summed E-state index contributed by atoms with van der Waals surface area (Å²) in [6.07, 6.45) is 1.11. The van der Waals surface area contributed by atoms with Crippen LogP contribution in [0, 0.1) is 0 Å². The Hall–Kier alpha value is -1.02. The zero-order valence-corrected chi connectivity index (χ0v) is 19.9. The molecule has 0 unspecified atom stereocenters. The van der Waals surface area contributed by atoms with E-state index in [0.717, 1.165) is 32.0 Å². The van der Waals surface area contributed by atoms with Gasteiger partial charge in [0, 0.05) is 58.5 Å². The molecule has 1 aromatic carbocycles. The van der Waals surface area contributed by atoms with Gasteiger partial charge >= 0.3 is 0 Å². The molecule has 1 aromatic rings. The third kappa shape index (κ3) is 9.07. The quantitative estimate of drug-likeness (QED) is 0.248. The van der Waals surface area contributed by atoms with Gasteiger partial charge in [0.25, 0.3) is 0 Å². The molecule has 6 heteroatoms. The van der Waals surface area contributed by atoms with Gasteiger partial charge in [-0.25, -0.2) is 0 Å². The molecule has 0 aliphatic heterocycles. The second kappa shape index (κ2) is 13.2. The molecule has 0 aliphatic carbocycles. The second-order valence-corrected chi connectivity index (χ2v) is 7.19. The summed E-state index contributed by atoms with van der Waals surface area (Å²) in [5, 5.41) is 6.79. The standard InChI is InChI=1S/C20H37N5.HI/c1-16(2)25(17(3)4)14-8-13-22-20(21-5)23-15-18-9-11-19(12-10-18)24(6)7;/h9-12,16-17H,8,13-15H2,1-7H3,(H2,21,22,23);1H. The van der Waals surface area contributed by atoms with Gasteiger partial charge in [-0.15, -0.1) is 24.0 Å². The molecular weight excluding hydrogens is 437 g/mol. The lowest BCUT2D eigenvalue weighted by molar-refractivity contribution is 0.173. The zero-order valence-electron chi connectivity index (χ0n) is 17.5. The maximum Gasteiger partial charge on any atom is 0.191 e. The lowest BCUT2D eigenvalue weighted by Crippen LogP contribution is -2.41. The number of hydrogen-bond donors (Lipinski definition) is 2. The predicted molar refractivity (Wildman–Crippen MR) is 126 cm³/mol. The molecule has 1 rings (SSSR count). The summed E-state index contributed by atoms with van der Waals surface area (Å²) in [7, 11) is 5.93. The van der Waals surface area contributed by atoms with Crippen molar-refractivity contribution >= 4 is 35.6 Å². The number of hydrogen-bond acceptors (Lipinski definition) is 3. The van der Waals surface area contributed by atoms with E-state index < -0.39 is 0 Å². The van der Waals surface area contributed by atoms with E-state index in [4.69, 9.17) is 0 Å². The van der Waals surface area contributed by atoms with Gasteiger partial charge in [-0.1, -0.05) is 12.1 Å². The van der Waals surface area contributed by atoms with Crippen molar-refractivity contribution in [3.8, 4) is 0 Å². The number of aliphatic imine (C=N–C) groups is 1. The fraction of sp³-hybridized carbons (Fsp3) is 0.650. The fourth-order valence-corrected chi connectivity index (χ4v) is 2.90. The number of anilines is 1. The van der Waals surface area contributed by atoms with Gasteiger partial charge < -0.3 is 15.5 Å². The summed E-state index contributed by atoms with van der Waals surface area (Å²) in [5.41, 5.74) is 2.46. The highest BCUT2D eigenvalue weighted by molar-refractivity contribution is 14.0. The van der Waals surface area contributed by atoms with Crippen molar-refractivity contribution in [3.05, 3.63) is 29.8 Å². The van der Waals surface area contributed by atoms with Crippen LogP contribution in [0.1, 0.15) is 39.7 Å². The van der Waals surface area contributed by atoms with Crippen LogP contribution in [0.15, 0.2) is 29.3 Å². The monoisotopic (exact) mass is 475 g/mol. The van der Waals surface area contributed by atoms with E-state index in [1.165, 1.54) is 11.3 Å². The van der Waals surface area contributed by atoms with Crippen LogP contribution in [0.3, 0.4) is 0 Å². The molecule has 0 aliphatic rings. The normalized spacial score (nSPS) is 11.7. The molecule has 0 saturated carbocycles. The first-order valence-electron chi connectivity index (χ1n) is 9.31. The Balaban J connectivity index is 0.00000625. The summed E-state index contributed by atoms with van der Waals surface area (Å²) in [5.74, 6) is 0.859. The third-order valence-corrected chi connectivity index (χ3v) is 4.35. The fourth-order valence-electron chi connectivity index (χ4n) is 2.90. The molecule has 0 amide bonds. The van der Waals surface area contributed by atoms with Crippen molar-refractivity contribution in [3.63, 3.8) is 0 Å². The van der Waals surface area contributed by atoms with E-state index in [2.05, 4.69) is 91.5 Å². The largest absolute Gasteiger partial charge is 0.378 e. The van der Waals surface area contributed by atoms with Gasteiger partial charge in [0.05, 0.1) is 0 Å². The van der Waals surface area contributed by atoms with Crippen LogP contribution in [-0.2, 0) is 6.54 Å². The average molecular weight is 475 g/mol. The number of guanidine groups is 1. The zero-order chi connectivity index (χ0) is 18.8. The van der Waals surface area contributed by atoms with Crippen LogP contribution < -0.4 is 15.5 Å². The Morgan fingerprint density at radius 1 is 1.00 bits per heavy atom. The Bertz CT molecular complexity index is 503. The van der Waals surface area contributed by atoms with E-state index in [1.807, 2.05) is 7.05 Å². The molecule has 2 N–H and O–H groups in total. The van der Waals surface area contributed by atoms with Crippen molar-refractivity contribution in [2.75, 3.05) is 39.1 Å². The van der Waals surface area contributed by atoms with Crippen molar-refractivity contribution < 1.29 is 0 Å². The molecule has 26 heavy (non-hydrogen) atoms. The van der Waals surface area contributed by atoms with Crippen molar-refractivity contribution in [2.24, 2.45) is 4.99 Å². The highest BCUT2D eigenvalue weighted by Gasteiger charge is 2.12. The molecule has 0 atom stereocenters. The Labute approximate surface area is 177 Å². The number of nitrogens with zero attached hydrogens (tertiary/aromatic N) is 3. The van der Waals surface area contributed by atoms with E-state index in [9.17, 15) is 0 Å². The number of rotatable bonds is 9. The van der Waals surface area contributed by atoms with Crippen molar-refractivity contribution in [1.82, 2.24) is 15.5 Å². The van der Waals surface area contributed by atoms with Gasteiger partial charge in [-0.3, -0.25) is 9.89 Å². The highest BCUT2D eigenvalue weighted by Crippen LogP contribution is 2.11. The minimum atomic E-state index is 0. The number of halogens is 1. The first-order chi connectivity index (χ1) is 11.8. The van der Waals surface area contributed by atoms with Gasteiger partial charge in [-0.05, 0) is 51.8 Å². The topological polar surface area (TPSA) is 42.9 Å². The SMILES string of the molecule is CN=C(NCCCN(C(C)C)C(C)C)NCc1ccc(N(C)C)cc1.I. The van der Waals surface area contributed by atoms with E-state index in [0.29, 0.717) is 12.1 Å². The molecule has 0 aromatic heterocycles. The summed E-state index contributed by atoms with van der Waals surface area (Å²) in [6.45, 7) is 11.8. The molecule has 0 radical (unpaired) electrons. The lowest BCUT2D eigenvalue weighted by atomic mass is 10.2. The predicted octanol–water partition coefficient (Wildman–Crippen LogP) is 3.54. The average Bonchev–Trinajstić information content (AvgIpc) is 2.57. The van der Waals surface area contributed by atoms with Gasteiger partial charge in [0.2, 0.25) is 0 Å². The molecule has 0 bridgehead atoms. The second-order valence-electron chi connectivity index (χ2n) is 7.19. The molecule has 0 spiro atoms. The Kier molecular flexibility index (Phi) is 12.7. The minimum Gasteiger partial charge on any atom is -0.378 e. The first kappa shape index (κ1) is 25.0. The Morgan fingerprint density at radius 2 is 1.58 bits per heavy atom. The maximum absolute atomic E-state index is 4.31. The summed E-state index contributed by atoms with van der Waals surface area (Å²) in [6, 6.07) is 9.75. The Morgan fingerprint density at radius 3 is 2.04 bits per heavy atom. The first-order valence-corrected chi connectivity index (χ1v) is 9.31. The molecule has 5 nitrogen and oxygen atoms in total. The number of benzene rings is 1. The van der Waals surface area contributed by atoms with Crippen LogP contribution in [0.2, 0.25) is 0 Å². The van der Waals surface area contributed by atoms with Crippen LogP contribution in [0.5, 0.6) is 0 Å². The van der Waals surface area contributed by atoms with Gasteiger partial charge in [0.15, 0.2) is 5.96 Å². The lowest BCUT2D eigenvalue weighted by Gasteiger charge is -2.30. The number of nitrogens with one attached hydrogen (secondary N) is 2. The summed E-state index contributed by atoms with van der Waals surface area (Å²) in [4.78, 5) is 8.93. The summed E-state index contributed by atoms with van der Waals surface area (Å²) < 4.78 is 0. The minimum absolute atomic E-state index is 0. The summed E-state index contributed by atoms with van der Waals surface area (Å²) >= 11 is 0. The van der Waals surface area contributed by atoms with Crippen LogP contribution in [0.4, 0.5) is 5.69 Å². The van der Waals surface area contributed by atoms with Crippen molar-refractivity contribution in [1.29, 1.82) is 0 Å². The van der Waals surface area contributed by atoms with Gasteiger partial charge in [-0.2, -0.15) is 0 Å². The molecule has 0 heterocycles. The molecular formula is C20H38IN5. The van der Waals surface area contributed by atoms with Crippen LogP contribution >= 0.6 is 24.0 Å². The van der Waals surface area contributed by atoms with Crippen molar-refractivity contribution in [2.45, 2.75) is 52.7 Å². The third-order valence-electron chi connectivity index (χ3n) is 4.35. The molecule has 150 valence electrons. The molecule has 0 saturated heterocycles. The van der Waals surface area contributed by atoms with E-state index >= 15 is 0 Å². The highest BCUT2D eigenvalue weighted by atomic mass is 127. The van der Waals surface area contributed by atoms with E-state index in [-0.39, 0.29) is 24.0 Å². The maximum atomic E-state index is 4.31. The smallest absolute Gasteiger partial charge is 0.191 e. The van der Waals surface area contributed by atoms with E-state index in [1.54, 1.807) is 0 Å². The van der Waals surface area contributed by atoms with Gasteiger partial charge in [0.1, 0.15) is 0 Å². The molecule has 0 fully saturated rings. The van der Waals surface area contributed by atoms with Crippen LogP contribution in [0.25, 0.3) is 0 Å². The van der Waals surface area contributed by atoms with Crippen LogP contribution in [-0.4, -0.2) is 57.2 Å².